The van der Waals surface area contributed by atoms with Crippen molar-refractivity contribution in [3.8, 4) is 0 Å². The van der Waals surface area contributed by atoms with Crippen molar-refractivity contribution >= 4 is 28.5 Å². The van der Waals surface area contributed by atoms with Gasteiger partial charge in [-0.3, -0.25) is 4.68 Å². The molecule has 0 fully saturated rings. The predicted molar refractivity (Wildman–Crippen MR) is 96.4 cm³/mol. The number of fused-ring (bicyclic) bond motifs is 1. The van der Waals surface area contributed by atoms with Crippen LogP contribution in [0.15, 0.2) is 49.2 Å². The Kier molecular flexibility index (Phi) is 3.85. The van der Waals surface area contributed by atoms with Crippen molar-refractivity contribution in [1.29, 1.82) is 0 Å². The average Bonchev–Trinajstić information content (AvgIpc) is 3.20. The molecular formula is C17H16ClN7. The number of benzene rings is 1. The lowest BCUT2D eigenvalue weighted by atomic mass is 10.1. The molecule has 0 aliphatic rings. The first-order chi connectivity index (χ1) is 12.1. The molecule has 1 aromatic carbocycles. The summed E-state index contributed by atoms with van der Waals surface area (Å²) in [5.74, 6) is 1.58. The van der Waals surface area contributed by atoms with Crippen LogP contribution in [0, 0.1) is 0 Å². The van der Waals surface area contributed by atoms with Gasteiger partial charge in [0.1, 0.15) is 24.0 Å². The molecule has 0 spiro atoms. The topological polar surface area (TPSA) is 73.5 Å². The number of aromatic nitrogens is 6. The van der Waals surface area contributed by atoms with Crippen LogP contribution in [0.5, 0.6) is 0 Å². The molecule has 0 aliphatic carbocycles. The van der Waals surface area contributed by atoms with Crippen molar-refractivity contribution in [2.75, 3.05) is 5.32 Å². The number of nitrogens with zero attached hydrogens (tertiary/aromatic N) is 6. The second-order valence-electron chi connectivity index (χ2n) is 5.75. The summed E-state index contributed by atoms with van der Waals surface area (Å²) in [7, 11) is 3.82. The van der Waals surface area contributed by atoms with E-state index >= 15 is 0 Å². The SMILES string of the molecule is Cn1ccnc1[C@H](Nc1ncnc2c1cnn2C)c1ccc(Cl)cc1. The van der Waals surface area contributed by atoms with Gasteiger partial charge in [0.15, 0.2) is 5.65 Å². The number of hydrogen-bond donors (Lipinski definition) is 1. The van der Waals surface area contributed by atoms with Crippen molar-refractivity contribution in [3.05, 3.63) is 65.6 Å². The van der Waals surface area contributed by atoms with E-state index in [1.807, 2.05) is 49.1 Å². The molecule has 0 saturated heterocycles. The first-order valence-corrected chi connectivity index (χ1v) is 8.13. The van der Waals surface area contributed by atoms with E-state index in [1.54, 1.807) is 17.1 Å². The van der Waals surface area contributed by atoms with Crippen molar-refractivity contribution in [3.63, 3.8) is 0 Å². The van der Waals surface area contributed by atoms with Crippen LogP contribution in [-0.4, -0.2) is 29.3 Å². The lowest BCUT2D eigenvalue weighted by molar-refractivity contribution is 0.746. The molecule has 8 heteroatoms. The Labute approximate surface area is 149 Å². The highest BCUT2D eigenvalue weighted by molar-refractivity contribution is 6.30. The molecule has 0 bridgehead atoms. The molecule has 0 unspecified atom stereocenters. The van der Waals surface area contributed by atoms with Gasteiger partial charge in [-0.25, -0.2) is 15.0 Å². The van der Waals surface area contributed by atoms with Gasteiger partial charge < -0.3 is 9.88 Å². The smallest absolute Gasteiger partial charge is 0.163 e. The maximum atomic E-state index is 6.04. The van der Waals surface area contributed by atoms with Crippen molar-refractivity contribution < 1.29 is 0 Å². The molecule has 4 aromatic rings. The molecule has 126 valence electrons. The summed E-state index contributed by atoms with van der Waals surface area (Å²) in [6.45, 7) is 0. The van der Waals surface area contributed by atoms with E-state index in [9.17, 15) is 0 Å². The lowest BCUT2D eigenvalue weighted by Crippen LogP contribution is -2.17. The van der Waals surface area contributed by atoms with Gasteiger partial charge in [-0.2, -0.15) is 5.10 Å². The van der Waals surface area contributed by atoms with Crippen LogP contribution in [0.2, 0.25) is 5.02 Å². The zero-order chi connectivity index (χ0) is 17.4. The minimum absolute atomic E-state index is 0.185. The van der Waals surface area contributed by atoms with E-state index < -0.39 is 0 Å². The number of anilines is 1. The summed E-state index contributed by atoms with van der Waals surface area (Å²) in [5, 5.41) is 9.30. The fourth-order valence-electron chi connectivity index (χ4n) is 2.82. The molecule has 1 N–H and O–H groups in total. The van der Waals surface area contributed by atoms with Crippen LogP contribution in [0.4, 0.5) is 5.82 Å². The standard InChI is InChI=1S/C17H16ClN7/c1-24-8-7-19-17(24)14(11-3-5-12(18)6-4-11)23-15-13-9-22-25(2)16(13)21-10-20-15/h3-10,14H,1-2H3,(H,20,21,23)/t14-/m1/s1. The molecule has 0 amide bonds. The third-order valence-corrected chi connectivity index (χ3v) is 4.38. The van der Waals surface area contributed by atoms with Gasteiger partial charge in [0, 0.05) is 31.5 Å². The zero-order valence-electron chi connectivity index (χ0n) is 13.8. The second kappa shape index (κ2) is 6.18. The summed E-state index contributed by atoms with van der Waals surface area (Å²) >= 11 is 6.04. The molecule has 7 nitrogen and oxygen atoms in total. The van der Waals surface area contributed by atoms with Gasteiger partial charge in [-0.05, 0) is 17.7 Å². The molecule has 0 aliphatic heterocycles. The average molecular weight is 354 g/mol. The molecule has 3 heterocycles. The van der Waals surface area contributed by atoms with E-state index in [0.29, 0.717) is 10.8 Å². The number of halogens is 1. The van der Waals surface area contributed by atoms with E-state index in [2.05, 4.69) is 25.4 Å². The molecule has 3 aromatic heterocycles. The molecule has 1 atom stereocenters. The highest BCUT2D eigenvalue weighted by Gasteiger charge is 2.20. The number of imidazole rings is 1. The van der Waals surface area contributed by atoms with Gasteiger partial charge in [0.2, 0.25) is 0 Å². The third-order valence-electron chi connectivity index (χ3n) is 4.13. The largest absolute Gasteiger partial charge is 0.356 e. The van der Waals surface area contributed by atoms with Gasteiger partial charge in [0.25, 0.3) is 0 Å². The van der Waals surface area contributed by atoms with Gasteiger partial charge in [0.05, 0.1) is 11.6 Å². The van der Waals surface area contributed by atoms with Crippen LogP contribution in [0.1, 0.15) is 17.4 Å². The minimum atomic E-state index is -0.185. The van der Waals surface area contributed by atoms with Gasteiger partial charge in [-0.1, -0.05) is 23.7 Å². The van der Waals surface area contributed by atoms with Crippen molar-refractivity contribution in [2.45, 2.75) is 6.04 Å². The Hall–Kier alpha value is -2.93. The zero-order valence-corrected chi connectivity index (χ0v) is 14.5. The third kappa shape index (κ3) is 2.83. The van der Waals surface area contributed by atoms with Gasteiger partial charge in [-0.15, -0.1) is 0 Å². The van der Waals surface area contributed by atoms with Crippen LogP contribution < -0.4 is 5.32 Å². The first-order valence-electron chi connectivity index (χ1n) is 7.75. The lowest BCUT2D eigenvalue weighted by Gasteiger charge is -2.20. The van der Waals surface area contributed by atoms with E-state index in [0.717, 1.165) is 22.4 Å². The maximum absolute atomic E-state index is 6.04. The molecule has 4 rings (SSSR count). The molecule has 0 radical (unpaired) electrons. The number of aryl methyl sites for hydroxylation is 2. The van der Waals surface area contributed by atoms with Crippen molar-refractivity contribution in [1.82, 2.24) is 29.3 Å². The Morgan fingerprint density at radius 1 is 1.08 bits per heavy atom. The second-order valence-corrected chi connectivity index (χ2v) is 6.19. The molecule has 0 saturated carbocycles. The van der Waals surface area contributed by atoms with Crippen LogP contribution in [0.3, 0.4) is 0 Å². The Morgan fingerprint density at radius 2 is 1.88 bits per heavy atom. The summed E-state index contributed by atoms with van der Waals surface area (Å²) in [6.07, 6.45) is 6.98. The number of nitrogens with one attached hydrogen (secondary N) is 1. The Balaban J connectivity index is 1.81. The molecule has 25 heavy (non-hydrogen) atoms. The summed E-state index contributed by atoms with van der Waals surface area (Å²) in [6, 6.07) is 7.52. The van der Waals surface area contributed by atoms with Crippen LogP contribution in [0.25, 0.3) is 11.0 Å². The van der Waals surface area contributed by atoms with Crippen LogP contribution >= 0.6 is 11.6 Å². The minimum Gasteiger partial charge on any atom is -0.356 e. The monoisotopic (exact) mass is 353 g/mol. The maximum Gasteiger partial charge on any atom is 0.163 e. The Morgan fingerprint density at radius 3 is 2.60 bits per heavy atom. The van der Waals surface area contributed by atoms with Gasteiger partial charge >= 0.3 is 0 Å². The fourth-order valence-corrected chi connectivity index (χ4v) is 2.95. The molecular weight excluding hydrogens is 338 g/mol. The van der Waals surface area contributed by atoms with Crippen molar-refractivity contribution in [2.24, 2.45) is 14.1 Å². The van der Waals surface area contributed by atoms with E-state index in [-0.39, 0.29) is 6.04 Å². The summed E-state index contributed by atoms with van der Waals surface area (Å²) in [5.41, 5.74) is 1.81. The highest BCUT2D eigenvalue weighted by atomic mass is 35.5. The fraction of sp³-hybridized carbons (Fsp3) is 0.176. The Bertz CT molecular complexity index is 1020. The quantitative estimate of drug-likeness (QED) is 0.610. The number of rotatable bonds is 4. The van der Waals surface area contributed by atoms with E-state index in [4.69, 9.17) is 11.6 Å². The highest BCUT2D eigenvalue weighted by Crippen LogP contribution is 2.28. The summed E-state index contributed by atoms with van der Waals surface area (Å²) < 4.78 is 3.70. The van der Waals surface area contributed by atoms with Crippen LogP contribution in [-0.2, 0) is 14.1 Å². The summed E-state index contributed by atoms with van der Waals surface area (Å²) in [4.78, 5) is 13.2. The predicted octanol–water partition coefficient (Wildman–Crippen LogP) is 2.95. The number of hydrogen-bond acceptors (Lipinski definition) is 5. The normalized spacial score (nSPS) is 12.4. The van der Waals surface area contributed by atoms with E-state index in [1.165, 1.54) is 6.33 Å². The first kappa shape index (κ1) is 15.6.